The number of amides is 1. The van der Waals surface area contributed by atoms with Crippen LogP contribution in [0.5, 0.6) is 0 Å². The number of ether oxygens (including phenoxy) is 1. The maximum Gasteiger partial charge on any atom is 0.337 e. The van der Waals surface area contributed by atoms with E-state index in [0.717, 1.165) is 0 Å². The van der Waals surface area contributed by atoms with E-state index in [1.165, 1.54) is 19.2 Å². The van der Waals surface area contributed by atoms with Crippen LogP contribution in [0.4, 0.5) is 5.69 Å². The summed E-state index contributed by atoms with van der Waals surface area (Å²) < 4.78 is 4.59. The molecule has 0 spiro atoms. The Morgan fingerprint density at radius 2 is 1.82 bits per heavy atom. The number of H-pyrrole nitrogens is 1. The lowest BCUT2D eigenvalue weighted by Crippen LogP contribution is -2.26. The van der Waals surface area contributed by atoms with Gasteiger partial charge in [-0.2, -0.15) is 0 Å². The number of hydrogen-bond donors (Lipinski definition) is 2. The Labute approximate surface area is 126 Å². The standard InChI is InChI=1S/C15H15N3O4/c1-8-12(13(19)17-9(2)16-8)14(20)18-11-6-4-10(5-7-11)15(21)22-3/h4-7H,1-3H3,(H,18,20)(H,16,17,19). The second-order valence-corrected chi connectivity index (χ2v) is 4.63. The van der Waals surface area contributed by atoms with Gasteiger partial charge in [-0.15, -0.1) is 0 Å². The zero-order valence-electron chi connectivity index (χ0n) is 12.4. The number of aromatic amines is 1. The summed E-state index contributed by atoms with van der Waals surface area (Å²) in [6.07, 6.45) is 0. The Hall–Kier alpha value is -2.96. The first-order valence-corrected chi connectivity index (χ1v) is 6.49. The minimum absolute atomic E-state index is 0.0392. The summed E-state index contributed by atoms with van der Waals surface area (Å²) in [4.78, 5) is 41.9. The number of carbonyl (C=O) groups excluding carboxylic acids is 2. The molecule has 2 rings (SSSR count). The first-order valence-electron chi connectivity index (χ1n) is 6.49. The molecule has 0 aliphatic heterocycles. The van der Waals surface area contributed by atoms with E-state index < -0.39 is 17.4 Å². The Bertz CT molecular complexity index is 778. The molecular weight excluding hydrogens is 286 g/mol. The van der Waals surface area contributed by atoms with Crippen LogP contribution in [0, 0.1) is 13.8 Å². The summed E-state index contributed by atoms with van der Waals surface area (Å²) in [5.41, 5.74) is 0.643. The van der Waals surface area contributed by atoms with E-state index in [9.17, 15) is 14.4 Å². The minimum Gasteiger partial charge on any atom is -0.465 e. The first kappa shape index (κ1) is 15.4. The molecule has 0 fully saturated rings. The number of carbonyl (C=O) groups is 2. The van der Waals surface area contributed by atoms with Crippen LogP contribution in [0.25, 0.3) is 0 Å². The Kier molecular flexibility index (Phi) is 4.36. The van der Waals surface area contributed by atoms with Crippen molar-refractivity contribution in [2.75, 3.05) is 12.4 Å². The molecular formula is C15H15N3O4. The van der Waals surface area contributed by atoms with Gasteiger partial charge in [0.15, 0.2) is 0 Å². The summed E-state index contributed by atoms with van der Waals surface area (Å²) in [7, 11) is 1.29. The molecule has 1 amide bonds. The SMILES string of the molecule is COC(=O)c1ccc(NC(=O)c2c(C)nc(C)[nH]c2=O)cc1. The highest BCUT2D eigenvalue weighted by atomic mass is 16.5. The van der Waals surface area contributed by atoms with Gasteiger partial charge in [-0.05, 0) is 38.1 Å². The minimum atomic E-state index is -0.558. The Morgan fingerprint density at radius 3 is 2.36 bits per heavy atom. The van der Waals surface area contributed by atoms with Crippen molar-refractivity contribution in [2.24, 2.45) is 0 Å². The fraction of sp³-hybridized carbons (Fsp3) is 0.200. The van der Waals surface area contributed by atoms with E-state index in [2.05, 4.69) is 20.0 Å². The third-order valence-corrected chi connectivity index (χ3v) is 3.01. The summed E-state index contributed by atoms with van der Waals surface area (Å²) in [6.45, 7) is 3.24. The van der Waals surface area contributed by atoms with Crippen LogP contribution >= 0.6 is 0 Å². The number of benzene rings is 1. The van der Waals surface area contributed by atoms with Gasteiger partial charge >= 0.3 is 5.97 Å². The van der Waals surface area contributed by atoms with Crippen molar-refractivity contribution in [1.82, 2.24) is 9.97 Å². The molecule has 0 saturated heterocycles. The first-order chi connectivity index (χ1) is 10.4. The predicted octanol–water partition coefficient (Wildman–Crippen LogP) is 1.43. The average molecular weight is 301 g/mol. The van der Waals surface area contributed by atoms with Crippen molar-refractivity contribution in [3.63, 3.8) is 0 Å². The van der Waals surface area contributed by atoms with Crippen LogP contribution in [-0.2, 0) is 4.74 Å². The lowest BCUT2D eigenvalue weighted by molar-refractivity contribution is 0.0600. The molecule has 2 N–H and O–H groups in total. The molecule has 7 heteroatoms. The van der Waals surface area contributed by atoms with Crippen LogP contribution < -0.4 is 10.9 Å². The van der Waals surface area contributed by atoms with Crippen molar-refractivity contribution in [1.29, 1.82) is 0 Å². The van der Waals surface area contributed by atoms with E-state index in [4.69, 9.17) is 0 Å². The summed E-state index contributed by atoms with van der Waals surface area (Å²) in [5.74, 6) is -0.577. The Morgan fingerprint density at radius 1 is 1.18 bits per heavy atom. The number of aryl methyl sites for hydroxylation is 2. The van der Waals surface area contributed by atoms with Gasteiger partial charge in [0.2, 0.25) is 0 Å². The molecule has 22 heavy (non-hydrogen) atoms. The van der Waals surface area contributed by atoms with Crippen LogP contribution in [0.3, 0.4) is 0 Å². The maximum absolute atomic E-state index is 12.2. The van der Waals surface area contributed by atoms with Crippen molar-refractivity contribution in [2.45, 2.75) is 13.8 Å². The van der Waals surface area contributed by atoms with Gasteiger partial charge in [-0.25, -0.2) is 9.78 Å². The maximum atomic E-state index is 12.2. The van der Waals surface area contributed by atoms with Crippen LogP contribution in [0.15, 0.2) is 29.1 Å². The zero-order chi connectivity index (χ0) is 16.3. The van der Waals surface area contributed by atoms with Gasteiger partial charge in [0.1, 0.15) is 11.4 Å². The van der Waals surface area contributed by atoms with Crippen LogP contribution in [0.1, 0.15) is 32.2 Å². The van der Waals surface area contributed by atoms with Crippen LogP contribution in [-0.4, -0.2) is 29.0 Å². The average Bonchev–Trinajstić information content (AvgIpc) is 2.46. The summed E-state index contributed by atoms with van der Waals surface area (Å²) in [5, 5.41) is 2.59. The number of nitrogens with zero attached hydrogens (tertiary/aromatic N) is 1. The normalized spacial score (nSPS) is 10.1. The molecule has 0 aliphatic rings. The molecule has 1 aromatic carbocycles. The number of anilines is 1. The van der Waals surface area contributed by atoms with E-state index in [1.807, 2.05) is 0 Å². The molecule has 114 valence electrons. The highest BCUT2D eigenvalue weighted by Crippen LogP contribution is 2.12. The molecule has 0 atom stereocenters. The number of aromatic nitrogens is 2. The van der Waals surface area contributed by atoms with E-state index in [-0.39, 0.29) is 5.56 Å². The van der Waals surface area contributed by atoms with Gasteiger partial charge in [0.05, 0.1) is 18.4 Å². The van der Waals surface area contributed by atoms with Crippen LogP contribution in [0.2, 0.25) is 0 Å². The van der Waals surface area contributed by atoms with Gasteiger partial charge in [-0.1, -0.05) is 0 Å². The zero-order valence-corrected chi connectivity index (χ0v) is 12.4. The topological polar surface area (TPSA) is 101 Å². The highest BCUT2D eigenvalue weighted by Gasteiger charge is 2.16. The van der Waals surface area contributed by atoms with Crippen molar-refractivity contribution < 1.29 is 14.3 Å². The molecule has 0 radical (unpaired) electrons. The van der Waals surface area contributed by atoms with Crippen molar-refractivity contribution in [3.05, 3.63) is 57.3 Å². The number of nitrogens with one attached hydrogen (secondary N) is 2. The van der Waals surface area contributed by atoms with Crippen molar-refractivity contribution in [3.8, 4) is 0 Å². The number of hydrogen-bond acceptors (Lipinski definition) is 5. The number of rotatable bonds is 3. The molecule has 0 unspecified atom stereocenters. The summed E-state index contributed by atoms with van der Waals surface area (Å²) in [6, 6.07) is 6.14. The third kappa shape index (κ3) is 3.20. The van der Waals surface area contributed by atoms with Gasteiger partial charge < -0.3 is 15.0 Å². The third-order valence-electron chi connectivity index (χ3n) is 3.01. The van der Waals surface area contributed by atoms with Crippen molar-refractivity contribution >= 4 is 17.6 Å². The molecule has 0 bridgehead atoms. The van der Waals surface area contributed by atoms with E-state index >= 15 is 0 Å². The highest BCUT2D eigenvalue weighted by molar-refractivity contribution is 6.04. The van der Waals surface area contributed by atoms with E-state index in [0.29, 0.717) is 22.8 Å². The fourth-order valence-electron chi connectivity index (χ4n) is 2.00. The molecule has 0 saturated carbocycles. The lowest BCUT2D eigenvalue weighted by atomic mass is 10.2. The Balaban J connectivity index is 2.23. The monoisotopic (exact) mass is 301 g/mol. The smallest absolute Gasteiger partial charge is 0.337 e. The number of methoxy groups -OCH3 is 1. The largest absolute Gasteiger partial charge is 0.465 e. The molecule has 2 aromatic rings. The lowest BCUT2D eigenvalue weighted by Gasteiger charge is -2.07. The summed E-state index contributed by atoms with van der Waals surface area (Å²) >= 11 is 0. The molecule has 7 nitrogen and oxygen atoms in total. The molecule has 1 heterocycles. The van der Waals surface area contributed by atoms with Gasteiger partial charge in [-0.3, -0.25) is 9.59 Å². The fourth-order valence-corrected chi connectivity index (χ4v) is 2.00. The second-order valence-electron chi connectivity index (χ2n) is 4.63. The predicted molar refractivity (Wildman–Crippen MR) is 80.1 cm³/mol. The van der Waals surface area contributed by atoms with Gasteiger partial charge in [0.25, 0.3) is 11.5 Å². The number of esters is 1. The van der Waals surface area contributed by atoms with E-state index in [1.54, 1.807) is 26.0 Å². The quantitative estimate of drug-likeness (QED) is 0.835. The molecule has 0 aliphatic carbocycles. The van der Waals surface area contributed by atoms with Gasteiger partial charge in [0, 0.05) is 5.69 Å². The second kappa shape index (κ2) is 6.21. The molecule has 1 aromatic heterocycles.